The van der Waals surface area contributed by atoms with E-state index in [1.54, 1.807) is 6.07 Å². The topological polar surface area (TPSA) is 54.4 Å². The standard InChI is InChI=1S/C20H27FN2O2/c1-4-11-25-16-7-5-15(6-8-16)18-10-9-17(21)19(23-18)12-22-20(13-24)14(2)3/h5-10,14,20,22,24H,4,11-13H2,1-3H3/t20-/m0/s1. The lowest BCUT2D eigenvalue weighted by Crippen LogP contribution is -2.36. The van der Waals surface area contributed by atoms with Crippen LogP contribution in [0, 0.1) is 11.7 Å². The quantitative estimate of drug-likeness (QED) is 0.725. The van der Waals surface area contributed by atoms with Crippen LogP contribution in [0.4, 0.5) is 4.39 Å². The Labute approximate surface area is 149 Å². The average Bonchev–Trinajstić information content (AvgIpc) is 2.62. The van der Waals surface area contributed by atoms with Gasteiger partial charge in [-0.1, -0.05) is 20.8 Å². The van der Waals surface area contributed by atoms with Gasteiger partial charge in [-0.2, -0.15) is 0 Å². The van der Waals surface area contributed by atoms with Crippen molar-refractivity contribution in [3.63, 3.8) is 0 Å². The number of hydrogen-bond acceptors (Lipinski definition) is 4. The Kier molecular flexibility index (Phi) is 7.34. The molecule has 0 aliphatic heterocycles. The van der Waals surface area contributed by atoms with Crippen molar-refractivity contribution in [1.82, 2.24) is 10.3 Å². The van der Waals surface area contributed by atoms with Gasteiger partial charge in [0.05, 0.1) is 24.6 Å². The first kappa shape index (κ1) is 19.3. The van der Waals surface area contributed by atoms with Gasteiger partial charge in [0.1, 0.15) is 11.6 Å². The molecule has 0 fully saturated rings. The maximum absolute atomic E-state index is 14.1. The van der Waals surface area contributed by atoms with E-state index in [4.69, 9.17) is 4.74 Å². The number of nitrogens with zero attached hydrogens (tertiary/aromatic N) is 1. The molecule has 136 valence electrons. The maximum atomic E-state index is 14.1. The lowest BCUT2D eigenvalue weighted by Gasteiger charge is -2.20. The molecule has 0 saturated heterocycles. The van der Waals surface area contributed by atoms with Gasteiger partial charge in [-0.25, -0.2) is 9.37 Å². The van der Waals surface area contributed by atoms with Crippen molar-refractivity contribution in [2.75, 3.05) is 13.2 Å². The molecule has 1 heterocycles. The van der Waals surface area contributed by atoms with E-state index in [9.17, 15) is 9.50 Å². The summed E-state index contributed by atoms with van der Waals surface area (Å²) in [6.45, 7) is 7.06. The number of ether oxygens (including phenoxy) is 1. The van der Waals surface area contributed by atoms with Gasteiger partial charge in [0.25, 0.3) is 0 Å². The van der Waals surface area contributed by atoms with E-state index in [2.05, 4.69) is 17.2 Å². The molecule has 0 bridgehead atoms. The highest BCUT2D eigenvalue weighted by Gasteiger charge is 2.14. The van der Waals surface area contributed by atoms with Crippen LogP contribution in [0.15, 0.2) is 36.4 Å². The summed E-state index contributed by atoms with van der Waals surface area (Å²) >= 11 is 0. The molecule has 1 atom stereocenters. The Balaban J connectivity index is 2.12. The fourth-order valence-electron chi connectivity index (χ4n) is 2.45. The summed E-state index contributed by atoms with van der Waals surface area (Å²) in [6.07, 6.45) is 0.961. The Bertz CT molecular complexity index is 659. The van der Waals surface area contributed by atoms with Gasteiger partial charge in [0.15, 0.2) is 0 Å². The summed E-state index contributed by atoms with van der Waals surface area (Å²) < 4.78 is 19.6. The zero-order valence-electron chi connectivity index (χ0n) is 15.1. The van der Waals surface area contributed by atoms with Gasteiger partial charge in [-0.15, -0.1) is 0 Å². The average molecular weight is 346 g/mol. The van der Waals surface area contributed by atoms with Crippen molar-refractivity contribution in [3.05, 3.63) is 47.9 Å². The number of aliphatic hydroxyl groups is 1. The summed E-state index contributed by atoms with van der Waals surface area (Å²) in [5.74, 6) is 0.726. The highest BCUT2D eigenvalue weighted by molar-refractivity contribution is 5.60. The Hall–Kier alpha value is -1.98. The second-order valence-corrected chi connectivity index (χ2v) is 6.41. The van der Waals surface area contributed by atoms with Crippen LogP contribution < -0.4 is 10.1 Å². The summed E-state index contributed by atoms with van der Waals surface area (Å²) in [4.78, 5) is 4.44. The number of benzene rings is 1. The monoisotopic (exact) mass is 346 g/mol. The number of hydrogen-bond donors (Lipinski definition) is 2. The molecule has 0 aliphatic rings. The normalized spacial score (nSPS) is 12.4. The van der Waals surface area contributed by atoms with E-state index in [1.165, 1.54) is 6.07 Å². The van der Waals surface area contributed by atoms with E-state index >= 15 is 0 Å². The van der Waals surface area contributed by atoms with Crippen molar-refractivity contribution in [2.45, 2.75) is 39.8 Å². The minimum atomic E-state index is -0.348. The molecule has 4 nitrogen and oxygen atoms in total. The first-order chi connectivity index (χ1) is 12.0. The van der Waals surface area contributed by atoms with Crippen LogP contribution in [0.25, 0.3) is 11.3 Å². The summed E-state index contributed by atoms with van der Waals surface area (Å²) in [5, 5.41) is 12.5. The van der Waals surface area contributed by atoms with Crippen molar-refractivity contribution in [1.29, 1.82) is 0 Å². The molecule has 0 saturated carbocycles. The Morgan fingerprint density at radius 1 is 1.16 bits per heavy atom. The van der Waals surface area contributed by atoms with Crippen molar-refractivity contribution in [2.24, 2.45) is 5.92 Å². The molecule has 0 radical (unpaired) electrons. The molecule has 25 heavy (non-hydrogen) atoms. The SMILES string of the molecule is CCCOc1ccc(-c2ccc(F)c(CN[C@@H](CO)C(C)C)n2)cc1. The van der Waals surface area contributed by atoms with Crippen LogP contribution in [0.2, 0.25) is 0 Å². The summed E-state index contributed by atoms with van der Waals surface area (Å²) in [5.41, 5.74) is 1.97. The van der Waals surface area contributed by atoms with Crippen LogP contribution in [0.1, 0.15) is 32.9 Å². The number of halogens is 1. The smallest absolute Gasteiger partial charge is 0.146 e. The number of nitrogens with one attached hydrogen (secondary N) is 1. The third-order valence-electron chi connectivity index (χ3n) is 4.07. The van der Waals surface area contributed by atoms with Crippen LogP contribution in [0.5, 0.6) is 5.75 Å². The fraction of sp³-hybridized carbons (Fsp3) is 0.450. The molecular formula is C20H27FN2O2. The zero-order chi connectivity index (χ0) is 18.2. The van der Waals surface area contributed by atoms with Gasteiger partial charge in [-0.05, 0) is 48.7 Å². The summed E-state index contributed by atoms with van der Waals surface area (Å²) in [6, 6.07) is 10.7. The largest absolute Gasteiger partial charge is 0.494 e. The predicted octanol–water partition coefficient (Wildman–Crippen LogP) is 3.78. The van der Waals surface area contributed by atoms with Gasteiger partial charge >= 0.3 is 0 Å². The molecule has 0 unspecified atom stereocenters. The number of aromatic nitrogens is 1. The van der Waals surface area contributed by atoms with Crippen LogP contribution >= 0.6 is 0 Å². The highest BCUT2D eigenvalue weighted by Crippen LogP contribution is 2.22. The highest BCUT2D eigenvalue weighted by atomic mass is 19.1. The summed E-state index contributed by atoms with van der Waals surface area (Å²) in [7, 11) is 0. The molecule has 0 spiro atoms. The van der Waals surface area contributed by atoms with E-state index in [1.807, 2.05) is 38.1 Å². The Morgan fingerprint density at radius 2 is 1.88 bits per heavy atom. The van der Waals surface area contributed by atoms with E-state index in [0.717, 1.165) is 17.7 Å². The van der Waals surface area contributed by atoms with Crippen LogP contribution in [-0.4, -0.2) is 29.3 Å². The van der Waals surface area contributed by atoms with E-state index in [-0.39, 0.29) is 30.9 Å². The van der Waals surface area contributed by atoms with Gasteiger partial charge in [0.2, 0.25) is 0 Å². The van der Waals surface area contributed by atoms with Crippen LogP contribution in [-0.2, 0) is 6.54 Å². The molecule has 2 rings (SSSR count). The third-order valence-corrected chi connectivity index (χ3v) is 4.07. The molecule has 2 N–H and O–H groups in total. The van der Waals surface area contributed by atoms with Crippen molar-refractivity contribution >= 4 is 0 Å². The predicted molar refractivity (Wildman–Crippen MR) is 98.0 cm³/mol. The third kappa shape index (κ3) is 5.51. The van der Waals surface area contributed by atoms with Crippen molar-refractivity contribution in [3.8, 4) is 17.0 Å². The molecule has 5 heteroatoms. The number of aliphatic hydroxyl groups excluding tert-OH is 1. The van der Waals surface area contributed by atoms with Gasteiger partial charge in [0, 0.05) is 18.2 Å². The van der Waals surface area contributed by atoms with Crippen molar-refractivity contribution < 1.29 is 14.2 Å². The molecule has 2 aromatic rings. The second-order valence-electron chi connectivity index (χ2n) is 6.41. The van der Waals surface area contributed by atoms with E-state index in [0.29, 0.717) is 18.0 Å². The van der Waals surface area contributed by atoms with Crippen LogP contribution in [0.3, 0.4) is 0 Å². The number of pyridine rings is 1. The molecule has 1 aromatic heterocycles. The maximum Gasteiger partial charge on any atom is 0.146 e. The molecule has 0 aliphatic carbocycles. The second kappa shape index (κ2) is 9.49. The molecule has 1 aromatic carbocycles. The molecular weight excluding hydrogens is 319 g/mol. The minimum Gasteiger partial charge on any atom is -0.494 e. The number of rotatable bonds is 9. The first-order valence-corrected chi connectivity index (χ1v) is 8.78. The minimum absolute atomic E-state index is 0.0121. The first-order valence-electron chi connectivity index (χ1n) is 8.78. The van der Waals surface area contributed by atoms with E-state index < -0.39 is 0 Å². The van der Waals surface area contributed by atoms with Gasteiger partial charge in [-0.3, -0.25) is 0 Å². The molecule has 0 amide bonds. The lowest BCUT2D eigenvalue weighted by molar-refractivity contribution is 0.209. The Morgan fingerprint density at radius 3 is 2.48 bits per heavy atom. The van der Waals surface area contributed by atoms with Gasteiger partial charge < -0.3 is 15.2 Å². The zero-order valence-corrected chi connectivity index (χ0v) is 15.1. The lowest BCUT2D eigenvalue weighted by atomic mass is 10.1. The fourth-order valence-corrected chi connectivity index (χ4v) is 2.45.